The fraction of sp³-hybridized carbons (Fsp3) is 0.417. The summed E-state index contributed by atoms with van der Waals surface area (Å²) in [4.78, 5) is 4.40. The number of aryl methyl sites for hydroxylation is 1. The maximum atomic E-state index is 4.84. The molecule has 0 amide bonds. The molecule has 1 aliphatic rings. The van der Waals surface area contributed by atoms with Gasteiger partial charge in [-0.05, 0) is 38.4 Å². The highest BCUT2D eigenvalue weighted by atomic mass is 15.5. The summed E-state index contributed by atoms with van der Waals surface area (Å²) in [5.74, 6) is 0. The van der Waals surface area contributed by atoms with Gasteiger partial charge in [-0.1, -0.05) is 67.1 Å². The molecule has 2 aromatic carbocycles. The van der Waals surface area contributed by atoms with Crippen molar-refractivity contribution in [2.45, 2.75) is 45.8 Å². The van der Waals surface area contributed by atoms with Gasteiger partial charge in [-0.15, -0.1) is 0 Å². The summed E-state index contributed by atoms with van der Waals surface area (Å²) < 4.78 is 0. The van der Waals surface area contributed by atoms with E-state index in [9.17, 15) is 0 Å². The van der Waals surface area contributed by atoms with E-state index in [1.807, 2.05) is 10.9 Å². The van der Waals surface area contributed by atoms with E-state index in [4.69, 9.17) is 10.2 Å². The summed E-state index contributed by atoms with van der Waals surface area (Å²) >= 11 is 0. The molecule has 5 nitrogen and oxygen atoms in total. The zero-order valence-electron chi connectivity index (χ0n) is 17.5. The standard InChI is InChI=1S/C24H31N5/c1-3-28-15-7-10-22(28)16-25-17-23-24(21-8-5-4-6-9-21)27-29(26-23)18-20-13-11-19(2)12-14-20/h4-6,8-9,11-14,22,25H,3,7,10,15-18H2,1-2H3/t22-/m1/s1. The largest absolute Gasteiger partial charge is 0.309 e. The Morgan fingerprint density at radius 2 is 1.83 bits per heavy atom. The van der Waals surface area contributed by atoms with E-state index in [2.05, 4.69) is 72.6 Å². The maximum Gasteiger partial charge on any atom is 0.117 e. The first-order chi connectivity index (χ1) is 14.2. The molecule has 1 aliphatic heterocycles. The van der Waals surface area contributed by atoms with Crippen molar-refractivity contribution in [3.05, 3.63) is 71.4 Å². The van der Waals surface area contributed by atoms with Crippen molar-refractivity contribution in [3.63, 3.8) is 0 Å². The number of benzene rings is 2. The van der Waals surface area contributed by atoms with E-state index in [-0.39, 0.29) is 0 Å². The third-order valence-electron chi connectivity index (χ3n) is 5.79. The van der Waals surface area contributed by atoms with Crippen molar-refractivity contribution in [2.75, 3.05) is 19.6 Å². The Bertz CT molecular complexity index is 901. The van der Waals surface area contributed by atoms with Gasteiger partial charge in [0.2, 0.25) is 0 Å². The van der Waals surface area contributed by atoms with E-state index in [0.717, 1.165) is 36.6 Å². The average molecular weight is 390 g/mol. The van der Waals surface area contributed by atoms with Crippen LogP contribution in [-0.4, -0.2) is 45.6 Å². The lowest BCUT2D eigenvalue weighted by molar-refractivity contribution is 0.259. The van der Waals surface area contributed by atoms with Gasteiger partial charge in [-0.25, -0.2) is 0 Å². The Kier molecular flexibility index (Phi) is 6.37. The number of nitrogens with zero attached hydrogens (tertiary/aromatic N) is 4. The third kappa shape index (κ3) is 4.92. The number of aromatic nitrogens is 3. The molecule has 1 N–H and O–H groups in total. The molecule has 5 heteroatoms. The number of likely N-dealkylation sites (N-methyl/N-ethyl adjacent to an activating group) is 1. The second-order valence-corrected chi connectivity index (χ2v) is 7.93. The van der Waals surface area contributed by atoms with Crippen LogP contribution < -0.4 is 5.32 Å². The molecule has 4 rings (SSSR count). The molecule has 0 aliphatic carbocycles. The molecular formula is C24H31N5. The van der Waals surface area contributed by atoms with Crippen LogP contribution in [0.25, 0.3) is 11.3 Å². The molecule has 1 aromatic heterocycles. The Hall–Kier alpha value is -2.50. The van der Waals surface area contributed by atoms with Crippen LogP contribution >= 0.6 is 0 Å². The smallest absolute Gasteiger partial charge is 0.117 e. The summed E-state index contributed by atoms with van der Waals surface area (Å²) in [5.41, 5.74) is 5.60. The van der Waals surface area contributed by atoms with E-state index in [1.54, 1.807) is 0 Å². The zero-order chi connectivity index (χ0) is 20.1. The molecule has 1 fully saturated rings. The van der Waals surface area contributed by atoms with Crippen LogP contribution in [0.2, 0.25) is 0 Å². The normalized spacial score (nSPS) is 17.1. The quantitative estimate of drug-likeness (QED) is 0.635. The fourth-order valence-electron chi connectivity index (χ4n) is 4.15. The van der Waals surface area contributed by atoms with E-state index in [0.29, 0.717) is 12.6 Å². The van der Waals surface area contributed by atoms with Crippen molar-refractivity contribution in [2.24, 2.45) is 0 Å². The van der Waals surface area contributed by atoms with Gasteiger partial charge in [-0.3, -0.25) is 4.90 Å². The van der Waals surface area contributed by atoms with E-state index in [1.165, 1.54) is 30.5 Å². The molecule has 152 valence electrons. The highest BCUT2D eigenvalue weighted by Crippen LogP contribution is 2.21. The van der Waals surface area contributed by atoms with Crippen LogP contribution in [-0.2, 0) is 13.1 Å². The minimum atomic E-state index is 0.641. The first-order valence-electron chi connectivity index (χ1n) is 10.7. The van der Waals surface area contributed by atoms with Crippen LogP contribution in [0.1, 0.15) is 36.6 Å². The predicted molar refractivity (Wildman–Crippen MR) is 118 cm³/mol. The Morgan fingerprint density at radius 3 is 2.59 bits per heavy atom. The number of likely N-dealkylation sites (tertiary alicyclic amines) is 1. The molecule has 0 saturated carbocycles. The Morgan fingerprint density at radius 1 is 1.03 bits per heavy atom. The molecule has 0 unspecified atom stereocenters. The molecule has 0 radical (unpaired) electrons. The number of nitrogens with one attached hydrogen (secondary N) is 1. The van der Waals surface area contributed by atoms with Crippen LogP contribution in [0.3, 0.4) is 0 Å². The Labute approximate surface area is 173 Å². The summed E-state index contributed by atoms with van der Waals surface area (Å²) in [7, 11) is 0. The van der Waals surface area contributed by atoms with Crippen LogP contribution in [0.4, 0.5) is 0 Å². The zero-order valence-corrected chi connectivity index (χ0v) is 17.5. The van der Waals surface area contributed by atoms with Crippen molar-refractivity contribution in [1.82, 2.24) is 25.2 Å². The summed E-state index contributed by atoms with van der Waals surface area (Å²) in [6.45, 7) is 9.16. The number of hydrogen-bond acceptors (Lipinski definition) is 4. The lowest BCUT2D eigenvalue weighted by atomic mass is 10.1. The van der Waals surface area contributed by atoms with Gasteiger partial charge in [-0.2, -0.15) is 15.0 Å². The average Bonchev–Trinajstić information content (AvgIpc) is 3.37. The monoisotopic (exact) mass is 389 g/mol. The number of hydrogen-bond donors (Lipinski definition) is 1. The van der Waals surface area contributed by atoms with Gasteiger partial charge in [0.25, 0.3) is 0 Å². The van der Waals surface area contributed by atoms with Gasteiger partial charge in [0, 0.05) is 24.7 Å². The fourth-order valence-corrected chi connectivity index (χ4v) is 4.15. The van der Waals surface area contributed by atoms with Crippen LogP contribution in [0, 0.1) is 6.92 Å². The molecule has 1 atom stereocenters. The number of rotatable bonds is 8. The lowest BCUT2D eigenvalue weighted by Crippen LogP contribution is -2.37. The minimum Gasteiger partial charge on any atom is -0.309 e. The van der Waals surface area contributed by atoms with Gasteiger partial charge >= 0.3 is 0 Å². The summed E-state index contributed by atoms with van der Waals surface area (Å²) in [6, 6.07) is 19.6. The highest BCUT2D eigenvalue weighted by molar-refractivity contribution is 5.60. The molecule has 0 bridgehead atoms. The summed E-state index contributed by atoms with van der Waals surface area (Å²) in [6.07, 6.45) is 2.59. The molecule has 3 aromatic rings. The molecule has 0 spiro atoms. The van der Waals surface area contributed by atoms with Crippen LogP contribution in [0.15, 0.2) is 54.6 Å². The van der Waals surface area contributed by atoms with Gasteiger partial charge in [0.15, 0.2) is 0 Å². The second kappa shape index (κ2) is 9.33. The van der Waals surface area contributed by atoms with Crippen molar-refractivity contribution >= 4 is 0 Å². The van der Waals surface area contributed by atoms with Gasteiger partial charge < -0.3 is 5.32 Å². The van der Waals surface area contributed by atoms with Crippen LogP contribution in [0.5, 0.6) is 0 Å². The van der Waals surface area contributed by atoms with Crippen molar-refractivity contribution in [3.8, 4) is 11.3 Å². The molecular weight excluding hydrogens is 358 g/mol. The maximum absolute atomic E-state index is 4.84. The van der Waals surface area contributed by atoms with Gasteiger partial charge in [0.1, 0.15) is 11.4 Å². The van der Waals surface area contributed by atoms with Crippen molar-refractivity contribution in [1.29, 1.82) is 0 Å². The lowest BCUT2D eigenvalue weighted by Gasteiger charge is -2.22. The van der Waals surface area contributed by atoms with Crippen molar-refractivity contribution < 1.29 is 0 Å². The first kappa shape index (κ1) is 19.8. The third-order valence-corrected chi connectivity index (χ3v) is 5.79. The topological polar surface area (TPSA) is 46.0 Å². The second-order valence-electron chi connectivity index (χ2n) is 7.93. The minimum absolute atomic E-state index is 0.641. The van der Waals surface area contributed by atoms with E-state index < -0.39 is 0 Å². The summed E-state index contributed by atoms with van der Waals surface area (Å²) in [5, 5.41) is 13.3. The highest BCUT2D eigenvalue weighted by Gasteiger charge is 2.22. The molecule has 2 heterocycles. The molecule has 1 saturated heterocycles. The predicted octanol–water partition coefficient (Wildman–Crippen LogP) is 3.88. The van der Waals surface area contributed by atoms with E-state index >= 15 is 0 Å². The Balaban J connectivity index is 1.49. The SMILES string of the molecule is CCN1CCC[C@@H]1CNCc1nn(Cc2ccc(C)cc2)nc1-c1ccccc1. The first-order valence-corrected chi connectivity index (χ1v) is 10.7. The van der Waals surface area contributed by atoms with Gasteiger partial charge in [0.05, 0.1) is 6.54 Å². The molecule has 29 heavy (non-hydrogen) atoms.